The van der Waals surface area contributed by atoms with Gasteiger partial charge in [0.15, 0.2) is 6.61 Å². The van der Waals surface area contributed by atoms with Crippen molar-refractivity contribution in [1.29, 1.82) is 0 Å². The highest BCUT2D eigenvalue weighted by Crippen LogP contribution is 2.30. The quantitative estimate of drug-likeness (QED) is 0.628. The van der Waals surface area contributed by atoms with Crippen LogP contribution in [0.5, 0.6) is 5.75 Å². The van der Waals surface area contributed by atoms with Gasteiger partial charge in [-0.2, -0.15) is 4.31 Å². The predicted octanol–water partition coefficient (Wildman–Crippen LogP) is 4.96. The molecule has 1 saturated heterocycles. The van der Waals surface area contributed by atoms with E-state index in [2.05, 4.69) is 19.2 Å². The maximum absolute atomic E-state index is 12.8. The summed E-state index contributed by atoms with van der Waals surface area (Å²) >= 11 is 6.27. The molecule has 1 N–H and O–H groups in total. The Morgan fingerprint density at radius 2 is 1.87 bits per heavy atom. The van der Waals surface area contributed by atoms with E-state index >= 15 is 0 Å². The zero-order valence-corrected chi connectivity index (χ0v) is 19.7. The molecule has 0 saturated carbocycles. The smallest absolute Gasteiger partial charge is 0.262 e. The number of benzene rings is 2. The standard InChI is InChI=1S/C23H29ClN2O4S/c1-16(2)19-9-7-8-17(3)23(19)25-22(27)15-30-21-11-10-18(14-20(21)24)31(28,29)26-12-5-4-6-13-26/h7-11,14,16H,4-6,12-13,15H2,1-3H3,(H,25,27). The summed E-state index contributed by atoms with van der Waals surface area (Å²) in [5.74, 6) is 0.223. The van der Waals surface area contributed by atoms with Crippen LogP contribution < -0.4 is 10.1 Å². The number of amides is 1. The van der Waals surface area contributed by atoms with E-state index in [1.54, 1.807) is 0 Å². The number of para-hydroxylation sites is 1. The van der Waals surface area contributed by atoms with Crippen LogP contribution in [0.4, 0.5) is 5.69 Å². The van der Waals surface area contributed by atoms with E-state index in [4.69, 9.17) is 16.3 Å². The number of halogens is 1. The van der Waals surface area contributed by atoms with Crippen molar-refractivity contribution in [3.63, 3.8) is 0 Å². The summed E-state index contributed by atoms with van der Waals surface area (Å²) in [4.78, 5) is 12.6. The zero-order chi connectivity index (χ0) is 22.6. The van der Waals surface area contributed by atoms with E-state index in [1.165, 1.54) is 22.5 Å². The summed E-state index contributed by atoms with van der Waals surface area (Å²) in [6.45, 7) is 6.90. The number of rotatable bonds is 7. The third-order valence-electron chi connectivity index (χ3n) is 5.41. The SMILES string of the molecule is Cc1cccc(C(C)C)c1NC(=O)COc1ccc(S(=O)(=O)N2CCCCC2)cc1Cl. The third kappa shape index (κ3) is 5.59. The van der Waals surface area contributed by atoms with Crippen LogP contribution in [0.1, 0.15) is 50.2 Å². The number of nitrogens with zero attached hydrogens (tertiary/aromatic N) is 1. The predicted molar refractivity (Wildman–Crippen MR) is 123 cm³/mol. The Kier molecular flexibility index (Phi) is 7.62. The van der Waals surface area contributed by atoms with Crippen molar-refractivity contribution in [2.75, 3.05) is 25.0 Å². The Morgan fingerprint density at radius 3 is 2.52 bits per heavy atom. The molecule has 0 atom stereocenters. The van der Waals surface area contributed by atoms with Crippen LogP contribution in [0, 0.1) is 6.92 Å². The summed E-state index contributed by atoms with van der Waals surface area (Å²) in [6, 6.07) is 10.3. The van der Waals surface area contributed by atoms with Gasteiger partial charge in [-0.15, -0.1) is 0 Å². The molecule has 3 rings (SSSR count). The average Bonchev–Trinajstić information content (AvgIpc) is 2.74. The van der Waals surface area contributed by atoms with Crippen LogP contribution in [0.3, 0.4) is 0 Å². The lowest BCUT2D eigenvalue weighted by Crippen LogP contribution is -2.35. The third-order valence-corrected chi connectivity index (χ3v) is 7.60. The minimum absolute atomic E-state index is 0.137. The average molecular weight is 465 g/mol. The lowest BCUT2D eigenvalue weighted by atomic mass is 9.98. The molecule has 8 heteroatoms. The molecule has 168 valence electrons. The molecule has 1 aliphatic rings. The van der Waals surface area contributed by atoms with Gasteiger partial charge in [-0.25, -0.2) is 8.42 Å². The second-order valence-corrected chi connectivity index (χ2v) is 10.4. The minimum Gasteiger partial charge on any atom is -0.482 e. The zero-order valence-electron chi connectivity index (χ0n) is 18.2. The Balaban J connectivity index is 1.67. The van der Waals surface area contributed by atoms with E-state index in [9.17, 15) is 13.2 Å². The summed E-state index contributed by atoms with van der Waals surface area (Å²) in [7, 11) is -3.58. The Morgan fingerprint density at radius 1 is 1.16 bits per heavy atom. The highest BCUT2D eigenvalue weighted by molar-refractivity contribution is 7.89. The molecule has 2 aromatic carbocycles. The van der Waals surface area contributed by atoms with E-state index in [0.717, 1.165) is 36.1 Å². The van der Waals surface area contributed by atoms with Gasteiger partial charge < -0.3 is 10.1 Å². The molecular weight excluding hydrogens is 436 g/mol. The van der Waals surface area contributed by atoms with E-state index in [1.807, 2.05) is 25.1 Å². The van der Waals surface area contributed by atoms with Crippen LogP contribution >= 0.6 is 11.6 Å². The Hall–Kier alpha value is -2.09. The van der Waals surface area contributed by atoms with Crippen molar-refractivity contribution >= 4 is 33.2 Å². The van der Waals surface area contributed by atoms with Gasteiger partial charge in [0.25, 0.3) is 5.91 Å². The first-order chi connectivity index (χ1) is 14.7. The molecular formula is C23H29ClN2O4S. The van der Waals surface area contributed by atoms with E-state index < -0.39 is 10.0 Å². The van der Waals surface area contributed by atoms with Crippen molar-refractivity contribution in [3.05, 3.63) is 52.5 Å². The number of piperidine rings is 1. The number of carbonyl (C=O) groups excluding carboxylic acids is 1. The molecule has 1 amide bonds. The second-order valence-electron chi connectivity index (χ2n) is 8.09. The number of sulfonamides is 1. The summed E-state index contributed by atoms with van der Waals surface area (Å²) in [5, 5.41) is 3.08. The molecule has 0 aromatic heterocycles. The van der Waals surface area contributed by atoms with Crippen molar-refractivity contribution < 1.29 is 17.9 Å². The van der Waals surface area contributed by atoms with Gasteiger partial charge in [0.2, 0.25) is 10.0 Å². The fourth-order valence-electron chi connectivity index (χ4n) is 3.67. The van der Waals surface area contributed by atoms with Gasteiger partial charge in [-0.05, 0) is 55.0 Å². The highest BCUT2D eigenvalue weighted by Gasteiger charge is 2.26. The fraction of sp³-hybridized carbons (Fsp3) is 0.435. The van der Waals surface area contributed by atoms with E-state index in [0.29, 0.717) is 13.1 Å². The number of nitrogens with one attached hydrogen (secondary N) is 1. The Labute approximate surface area is 189 Å². The molecule has 0 unspecified atom stereocenters. The van der Waals surface area contributed by atoms with Crippen molar-refractivity contribution in [3.8, 4) is 5.75 Å². The highest BCUT2D eigenvalue weighted by atomic mass is 35.5. The van der Waals surface area contributed by atoms with Crippen LogP contribution in [-0.2, 0) is 14.8 Å². The topological polar surface area (TPSA) is 75.7 Å². The summed E-state index contributed by atoms with van der Waals surface area (Å²) in [6.07, 6.45) is 2.77. The van der Waals surface area contributed by atoms with Crippen LogP contribution in [-0.4, -0.2) is 38.3 Å². The number of anilines is 1. The van der Waals surface area contributed by atoms with Crippen molar-refractivity contribution in [2.45, 2.75) is 50.8 Å². The molecule has 0 spiro atoms. The lowest BCUT2D eigenvalue weighted by molar-refractivity contribution is -0.118. The molecule has 1 fully saturated rings. The van der Waals surface area contributed by atoms with Gasteiger partial charge in [-0.3, -0.25) is 4.79 Å². The minimum atomic E-state index is -3.58. The molecule has 1 heterocycles. The molecule has 0 bridgehead atoms. The molecule has 0 radical (unpaired) electrons. The van der Waals surface area contributed by atoms with Crippen LogP contribution in [0.25, 0.3) is 0 Å². The lowest BCUT2D eigenvalue weighted by Gasteiger charge is -2.26. The first-order valence-electron chi connectivity index (χ1n) is 10.5. The number of hydrogen-bond donors (Lipinski definition) is 1. The molecule has 0 aliphatic carbocycles. The maximum Gasteiger partial charge on any atom is 0.262 e. The van der Waals surface area contributed by atoms with Gasteiger partial charge in [-0.1, -0.05) is 50.1 Å². The number of aryl methyl sites for hydroxylation is 1. The molecule has 2 aromatic rings. The molecule has 6 nitrogen and oxygen atoms in total. The first-order valence-corrected chi connectivity index (χ1v) is 12.3. The monoisotopic (exact) mass is 464 g/mol. The van der Waals surface area contributed by atoms with Gasteiger partial charge in [0.05, 0.1) is 9.92 Å². The van der Waals surface area contributed by atoms with E-state index in [-0.39, 0.29) is 34.1 Å². The van der Waals surface area contributed by atoms with Gasteiger partial charge in [0, 0.05) is 18.8 Å². The second kappa shape index (κ2) is 10.0. The largest absolute Gasteiger partial charge is 0.482 e. The molecule has 1 aliphatic heterocycles. The normalized spacial score (nSPS) is 15.1. The van der Waals surface area contributed by atoms with Gasteiger partial charge in [0.1, 0.15) is 5.75 Å². The summed E-state index contributed by atoms with van der Waals surface area (Å²) in [5.41, 5.74) is 2.82. The number of hydrogen-bond acceptors (Lipinski definition) is 4. The fourth-order valence-corrected chi connectivity index (χ4v) is 5.52. The number of ether oxygens (including phenoxy) is 1. The van der Waals surface area contributed by atoms with Crippen LogP contribution in [0.15, 0.2) is 41.3 Å². The van der Waals surface area contributed by atoms with Crippen LogP contribution in [0.2, 0.25) is 5.02 Å². The maximum atomic E-state index is 12.8. The van der Waals surface area contributed by atoms with Crippen molar-refractivity contribution in [1.82, 2.24) is 4.31 Å². The van der Waals surface area contributed by atoms with Gasteiger partial charge >= 0.3 is 0 Å². The number of carbonyl (C=O) groups is 1. The summed E-state index contributed by atoms with van der Waals surface area (Å²) < 4.78 is 32.7. The Bertz CT molecular complexity index is 1050. The molecule has 31 heavy (non-hydrogen) atoms. The first kappa shape index (κ1) is 23.6. The van der Waals surface area contributed by atoms with Crippen molar-refractivity contribution in [2.24, 2.45) is 0 Å².